The molecule has 0 atom stereocenters. The van der Waals surface area contributed by atoms with Gasteiger partial charge >= 0.3 is 0 Å². The number of carbonyl (C=O) groups is 1. The van der Waals surface area contributed by atoms with Gasteiger partial charge in [0, 0.05) is 11.4 Å². The van der Waals surface area contributed by atoms with E-state index in [-0.39, 0.29) is 10.9 Å². The molecule has 5 heteroatoms. The molecule has 1 N–H and O–H groups in total. The highest BCUT2D eigenvalue weighted by Gasteiger charge is 2.10. The summed E-state index contributed by atoms with van der Waals surface area (Å²) in [5.74, 6) is -0.876. The maximum atomic E-state index is 13.0. The highest BCUT2D eigenvalue weighted by molar-refractivity contribution is 6.31. The van der Waals surface area contributed by atoms with Gasteiger partial charge in [-0.05, 0) is 49.7 Å². The summed E-state index contributed by atoms with van der Waals surface area (Å²) in [7, 11) is 0. The van der Waals surface area contributed by atoms with Crippen LogP contribution < -0.4 is 5.32 Å². The van der Waals surface area contributed by atoms with E-state index >= 15 is 0 Å². The van der Waals surface area contributed by atoms with Crippen LogP contribution in [0.3, 0.4) is 0 Å². The second-order valence-electron chi connectivity index (χ2n) is 4.25. The number of hydrogen-bond donors (Lipinski definition) is 1. The van der Waals surface area contributed by atoms with Gasteiger partial charge in [-0.15, -0.1) is 0 Å². The first kappa shape index (κ1) is 13.5. The average Bonchev–Trinajstić information content (AvgIpc) is 2.32. The molecule has 0 aliphatic heterocycles. The summed E-state index contributed by atoms with van der Waals surface area (Å²) in [6.45, 7) is 3.71. The lowest BCUT2D eigenvalue weighted by Crippen LogP contribution is -2.14. The van der Waals surface area contributed by atoms with Gasteiger partial charge in [0.2, 0.25) is 0 Å². The van der Waals surface area contributed by atoms with Crippen molar-refractivity contribution in [1.29, 1.82) is 0 Å². The van der Waals surface area contributed by atoms with Crippen molar-refractivity contribution >= 4 is 23.2 Å². The molecule has 2 aromatic rings. The van der Waals surface area contributed by atoms with Crippen molar-refractivity contribution in [1.82, 2.24) is 4.98 Å². The van der Waals surface area contributed by atoms with Crippen molar-refractivity contribution in [3.05, 3.63) is 58.1 Å². The number of halogens is 2. The summed E-state index contributed by atoms with van der Waals surface area (Å²) >= 11 is 5.65. The summed E-state index contributed by atoms with van der Waals surface area (Å²) in [5.41, 5.74) is 2.47. The van der Waals surface area contributed by atoms with Gasteiger partial charge in [0.05, 0.1) is 5.02 Å². The number of benzene rings is 1. The largest absolute Gasteiger partial charge is 0.321 e. The predicted octanol–water partition coefficient (Wildman–Crippen LogP) is 3.74. The zero-order valence-corrected chi connectivity index (χ0v) is 11.3. The van der Waals surface area contributed by atoms with Crippen LogP contribution in [0.4, 0.5) is 10.1 Å². The Labute approximate surface area is 115 Å². The third kappa shape index (κ3) is 3.29. The maximum Gasteiger partial charge on any atom is 0.274 e. The third-order valence-corrected chi connectivity index (χ3v) is 2.80. The van der Waals surface area contributed by atoms with E-state index in [2.05, 4.69) is 10.3 Å². The van der Waals surface area contributed by atoms with Gasteiger partial charge in [-0.2, -0.15) is 0 Å². The Morgan fingerprint density at radius 1 is 1.26 bits per heavy atom. The van der Waals surface area contributed by atoms with Crippen molar-refractivity contribution in [2.45, 2.75) is 13.8 Å². The van der Waals surface area contributed by atoms with Crippen molar-refractivity contribution in [2.24, 2.45) is 0 Å². The van der Waals surface area contributed by atoms with Crippen LogP contribution in [0.15, 0.2) is 30.3 Å². The van der Waals surface area contributed by atoms with E-state index in [1.807, 2.05) is 19.9 Å². The lowest BCUT2D eigenvalue weighted by Gasteiger charge is -2.07. The summed E-state index contributed by atoms with van der Waals surface area (Å²) < 4.78 is 13.0. The van der Waals surface area contributed by atoms with Crippen LogP contribution in [0.1, 0.15) is 21.7 Å². The van der Waals surface area contributed by atoms with E-state index in [1.54, 1.807) is 6.07 Å². The van der Waals surface area contributed by atoms with E-state index in [4.69, 9.17) is 11.6 Å². The molecule has 1 aromatic carbocycles. The van der Waals surface area contributed by atoms with Gasteiger partial charge < -0.3 is 5.32 Å². The van der Waals surface area contributed by atoms with E-state index in [9.17, 15) is 9.18 Å². The Morgan fingerprint density at radius 2 is 2.00 bits per heavy atom. The smallest absolute Gasteiger partial charge is 0.274 e. The molecular weight excluding hydrogens is 267 g/mol. The molecule has 0 spiro atoms. The Morgan fingerprint density at radius 3 is 2.63 bits per heavy atom. The van der Waals surface area contributed by atoms with Crippen LogP contribution in [0.2, 0.25) is 5.02 Å². The van der Waals surface area contributed by atoms with E-state index < -0.39 is 5.82 Å². The molecule has 0 saturated carbocycles. The van der Waals surface area contributed by atoms with Crippen LogP contribution in [-0.2, 0) is 0 Å². The molecule has 0 saturated heterocycles. The Bertz CT molecular complexity index is 623. The first-order valence-corrected chi connectivity index (χ1v) is 6.05. The minimum absolute atomic E-state index is 0.0359. The highest BCUT2D eigenvalue weighted by atomic mass is 35.5. The molecule has 1 heterocycles. The molecule has 98 valence electrons. The fraction of sp³-hybridized carbons (Fsp3) is 0.143. The standard InChI is InChI=1S/C14H12ClFN2O/c1-8-5-9(2)17-13(6-8)14(19)18-10-3-4-12(16)11(15)7-10/h3-7H,1-2H3,(H,18,19). The predicted molar refractivity (Wildman–Crippen MR) is 73.1 cm³/mol. The minimum Gasteiger partial charge on any atom is -0.321 e. The van der Waals surface area contributed by atoms with Gasteiger partial charge in [0.25, 0.3) is 5.91 Å². The van der Waals surface area contributed by atoms with Crippen LogP contribution in [0.25, 0.3) is 0 Å². The fourth-order valence-corrected chi connectivity index (χ4v) is 1.91. The normalized spacial score (nSPS) is 10.3. The third-order valence-electron chi connectivity index (χ3n) is 2.51. The summed E-state index contributed by atoms with van der Waals surface area (Å²) in [6.07, 6.45) is 0. The summed E-state index contributed by atoms with van der Waals surface area (Å²) in [6, 6.07) is 7.57. The Hall–Kier alpha value is -1.94. The fourth-order valence-electron chi connectivity index (χ4n) is 1.73. The second kappa shape index (κ2) is 5.36. The van der Waals surface area contributed by atoms with E-state index in [0.29, 0.717) is 11.4 Å². The molecule has 0 bridgehead atoms. The van der Waals surface area contributed by atoms with Crippen LogP contribution in [0.5, 0.6) is 0 Å². The van der Waals surface area contributed by atoms with Crippen LogP contribution >= 0.6 is 11.6 Å². The van der Waals surface area contributed by atoms with Gasteiger partial charge in [-0.3, -0.25) is 4.79 Å². The summed E-state index contributed by atoms with van der Waals surface area (Å²) in [4.78, 5) is 16.2. The summed E-state index contributed by atoms with van der Waals surface area (Å²) in [5, 5.41) is 2.59. The number of aromatic nitrogens is 1. The number of carbonyl (C=O) groups excluding carboxylic acids is 1. The van der Waals surface area contributed by atoms with Crippen molar-refractivity contribution in [3.8, 4) is 0 Å². The maximum absolute atomic E-state index is 13.0. The second-order valence-corrected chi connectivity index (χ2v) is 4.66. The number of hydrogen-bond acceptors (Lipinski definition) is 2. The number of nitrogens with one attached hydrogen (secondary N) is 1. The molecule has 19 heavy (non-hydrogen) atoms. The molecule has 0 radical (unpaired) electrons. The van der Waals surface area contributed by atoms with E-state index in [1.165, 1.54) is 18.2 Å². The number of aryl methyl sites for hydroxylation is 2. The molecule has 0 unspecified atom stereocenters. The molecule has 3 nitrogen and oxygen atoms in total. The number of pyridine rings is 1. The Balaban J connectivity index is 2.22. The molecule has 1 amide bonds. The number of amides is 1. The molecular formula is C14H12ClFN2O. The number of anilines is 1. The monoisotopic (exact) mass is 278 g/mol. The van der Waals surface area contributed by atoms with E-state index in [0.717, 1.165) is 11.3 Å². The topological polar surface area (TPSA) is 42.0 Å². The number of nitrogens with zero attached hydrogens (tertiary/aromatic N) is 1. The van der Waals surface area contributed by atoms with Gasteiger partial charge in [0.1, 0.15) is 11.5 Å². The zero-order valence-electron chi connectivity index (χ0n) is 10.5. The Kier molecular flexibility index (Phi) is 3.81. The molecule has 0 aliphatic carbocycles. The lowest BCUT2D eigenvalue weighted by atomic mass is 10.2. The van der Waals surface area contributed by atoms with Crippen molar-refractivity contribution in [3.63, 3.8) is 0 Å². The van der Waals surface area contributed by atoms with Gasteiger partial charge in [-0.1, -0.05) is 11.6 Å². The van der Waals surface area contributed by atoms with Crippen LogP contribution in [0, 0.1) is 19.7 Å². The molecule has 0 aliphatic rings. The molecule has 2 rings (SSSR count). The lowest BCUT2D eigenvalue weighted by molar-refractivity contribution is 0.102. The van der Waals surface area contributed by atoms with Crippen molar-refractivity contribution < 1.29 is 9.18 Å². The molecule has 0 fully saturated rings. The van der Waals surface area contributed by atoms with Crippen LogP contribution in [-0.4, -0.2) is 10.9 Å². The van der Waals surface area contributed by atoms with Gasteiger partial charge in [0.15, 0.2) is 0 Å². The number of rotatable bonds is 2. The van der Waals surface area contributed by atoms with Crippen molar-refractivity contribution in [2.75, 3.05) is 5.32 Å². The SMILES string of the molecule is Cc1cc(C)nc(C(=O)Nc2ccc(F)c(Cl)c2)c1. The average molecular weight is 279 g/mol. The first-order valence-electron chi connectivity index (χ1n) is 5.67. The van der Waals surface area contributed by atoms with Gasteiger partial charge in [-0.25, -0.2) is 9.37 Å². The highest BCUT2D eigenvalue weighted by Crippen LogP contribution is 2.19. The molecule has 1 aromatic heterocycles. The zero-order chi connectivity index (χ0) is 14.0. The minimum atomic E-state index is -0.524. The first-order chi connectivity index (χ1) is 8.95. The quantitative estimate of drug-likeness (QED) is 0.909.